The number of rotatable bonds is 8. The van der Waals surface area contributed by atoms with Gasteiger partial charge in [-0.3, -0.25) is 4.79 Å². The maximum Gasteiger partial charge on any atom is 0.230 e. The number of carbonyl (C=O) groups excluding carboxylic acids is 1. The second-order valence-electron chi connectivity index (χ2n) is 7.25. The van der Waals surface area contributed by atoms with E-state index in [9.17, 15) is 9.90 Å². The number of aliphatic hydroxyl groups is 1. The number of furan rings is 1. The molecule has 2 aromatic carbocycles. The van der Waals surface area contributed by atoms with Crippen molar-refractivity contribution >= 4 is 5.91 Å². The Kier molecular flexibility index (Phi) is 6.73. The fourth-order valence-electron chi connectivity index (χ4n) is 3.32. The van der Waals surface area contributed by atoms with Gasteiger partial charge in [-0.2, -0.15) is 0 Å². The Morgan fingerprint density at radius 1 is 1.07 bits per heavy atom. The predicted octanol–water partition coefficient (Wildman–Crippen LogP) is 4.11. The highest BCUT2D eigenvalue weighted by Crippen LogP contribution is 2.25. The van der Waals surface area contributed by atoms with Crippen LogP contribution in [0.15, 0.2) is 71.3 Å². The van der Waals surface area contributed by atoms with Crippen molar-refractivity contribution in [3.8, 4) is 5.75 Å². The summed E-state index contributed by atoms with van der Waals surface area (Å²) in [5.41, 5.74) is 2.81. The second-order valence-corrected chi connectivity index (χ2v) is 7.25. The first kappa shape index (κ1) is 20.7. The molecule has 1 heterocycles. The summed E-state index contributed by atoms with van der Waals surface area (Å²) in [4.78, 5) is 14.9. The lowest BCUT2D eigenvalue weighted by molar-refractivity contribution is -0.132. The third-order valence-corrected chi connectivity index (χ3v) is 5.09. The molecule has 5 nitrogen and oxygen atoms in total. The summed E-state index contributed by atoms with van der Waals surface area (Å²) in [5.74, 6) is 1.05. The second kappa shape index (κ2) is 9.43. The lowest BCUT2D eigenvalue weighted by Gasteiger charge is -2.26. The summed E-state index contributed by atoms with van der Waals surface area (Å²) in [6, 6.07) is 18.9. The average molecular weight is 393 g/mol. The Morgan fingerprint density at radius 3 is 2.31 bits per heavy atom. The molecule has 152 valence electrons. The maximum absolute atomic E-state index is 13.3. The number of hydrogen-bond donors (Lipinski definition) is 1. The van der Waals surface area contributed by atoms with E-state index in [1.807, 2.05) is 55.5 Å². The van der Waals surface area contributed by atoms with Gasteiger partial charge in [0.25, 0.3) is 0 Å². The molecule has 0 aliphatic rings. The molecule has 0 fully saturated rings. The van der Waals surface area contributed by atoms with E-state index in [0.717, 1.165) is 28.2 Å². The van der Waals surface area contributed by atoms with Gasteiger partial charge in [-0.1, -0.05) is 42.0 Å². The van der Waals surface area contributed by atoms with Gasteiger partial charge >= 0.3 is 0 Å². The first-order valence-corrected chi connectivity index (χ1v) is 9.64. The van der Waals surface area contributed by atoms with Crippen molar-refractivity contribution < 1.29 is 19.1 Å². The number of benzene rings is 2. The molecule has 2 atom stereocenters. The number of aryl methyl sites for hydroxylation is 1. The Balaban J connectivity index is 1.75. The summed E-state index contributed by atoms with van der Waals surface area (Å²) in [7, 11) is 3.32. The van der Waals surface area contributed by atoms with Crippen LogP contribution in [0.5, 0.6) is 5.75 Å². The van der Waals surface area contributed by atoms with E-state index < -0.39 is 6.10 Å². The van der Waals surface area contributed by atoms with Crippen molar-refractivity contribution in [3.05, 3.63) is 89.4 Å². The highest BCUT2D eigenvalue weighted by molar-refractivity contribution is 5.84. The van der Waals surface area contributed by atoms with E-state index >= 15 is 0 Å². The van der Waals surface area contributed by atoms with Crippen LogP contribution in [0, 0.1) is 6.92 Å². The monoisotopic (exact) mass is 393 g/mol. The molecule has 3 rings (SSSR count). The van der Waals surface area contributed by atoms with Gasteiger partial charge in [0, 0.05) is 13.5 Å². The highest BCUT2D eigenvalue weighted by Gasteiger charge is 2.26. The minimum Gasteiger partial charge on any atom is -0.497 e. The lowest BCUT2D eigenvalue weighted by atomic mass is 9.92. The summed E-state index contributed by atoms with van der Waals surface area (Å²) >= 11 is 0. The van der Waals surface area contributed by atoms with Crippen molar-refractivity contribution in [3.63, 3.8) is 0 Å². The fraction of sp³-hybridized carbons (Fsp3) is 0.292. The van der Waals surface area contributed by atoms with Gasteiger partial charge < -0.3 is 19.2 Å². The molecule has 1 aromatic heterocycles. The van der Waals surface area contributed by atoms with E-state index in [4.69, 9.17) is 9.15 Å². The number of ether oxygens (including phenoxy) is 1. The number of likely N-dealkylation sites (N-methyl/N-ethyl adjacent to an activating group) is 1. The largest absolute Gasteiger partial charge is 0.497 e. The van der Waals surface area contributed by atoms with Crippen molar-refractivity contribution in [2.75, 3.05) is 20.7 Å². The van der Waals surface area contributed by atoms with Crippen molar-refractivity contribution in [1.82, 2.24) is 4.90 Å². The summed E-state index contributed by atoms with van der Waals surface area (Å²) in [6.07, 6.45) is 1.30. The summed E-state index contributed by atoms with van der Waals surface area (Å²) in [5, 5.41) is 10.6. The minimum absolute atomic E-state index is 0.0576. The van der Waals surface area contributed by atoms with Crippen molar-refractivity contribution in [2.45, 2.75) is 25.4 Å². The molecule has 1 amide bonds. The Bertz CT molecular complexity index is 901. The molecule has 3 aromatic rings. The van der Waals surface area contributed by atoms with Gasteiger partial charge in [-0.15, -0.1) is 0 Å². The van der Waals surface area contributed by atoms with E-state index in [1.165, 1.54) is 0 Å². The summed E-state index contributed by atoms with van der Waals surface area (Å²) in [6.45, 7) is 2.22. The normalized spacial score (nSPS) is 13.0. The van der Waals surface area contributed by atoms with E-state index in [1.54, 1.807) is 37.5 Å². The smallest absolute Gasteiger partial charge is 0.230 e. The highest BCUT2D eigenvalue weighted by atomic mass is 16.5. The zero-order chi connectivity index (χ0) is 20.8. The van der Waals surface area contributed by atoms with Crippen molar-refractivity contribution in [1.29, 1.82) is 0 Å². The van der Waals surface area contributed by atoms with E-state index in [2.05, 4.69) is 0 Å². The van der Waals surface area contributed by atoms with Gasteiger partial charge in [-0.25, -0.2) is 0 Å². The predicted molar refractivity (Wildman–Crippen MR) is 112 cm³/mol. The van der Waals surface area contributed by atoms with Crippen molar-refractivity contribution in [2.24, 2.45) is 0 Å². The molecule has 5 heteroatoms. The van der Waals surface area contributed by atoms with Crippen LogP contribution < -0.4 is 4.74 Å². The molecule has 2 unspecified atom stereocenters. The molecule has 0 saturated heterocycles. The van der Waals surface area contributed by atoms with Gasteiger partial charge in [0.05, 0.1) is 31.9 Å². The maximum atomic E-state index is 13.3. The third kappa shape index (κ3) is 5.27. The fourth-order valence-corrected chi connectivity index (χ4v) is 3.32. The lowest BCUT2D eigenvalue weighted by Crippen LogP contribution is -2.35. The molecule has 29 heavy (non-hydrogen) atoms. The van der Waals surface area contributed by atoms with Crippen LogP contribution >= 0.6 is 0 Å². The first-order chi connectivity index (χ1) is 14.0. The molecule has 0 aliphatic heterocycles. The standard InChI is InChI=1S/C24H27NO4/c1-17-6-8-18(9-7-17)22(15-21-5-4-14-29-21)24(27)25(2)16-23(26)19-10-12-20(28-3)13-11-19/h4-14,22-23,26H,15-16H2,1-3H3. The third-order valence-electron chi connectivity index (χ3n) is 5.09. The average Bonchev–Trinajstić information content (AvgIpc) is 3.25. The molecule has 0 radical (unpaired) electrons. The topological polar surface area (TPSA) is 62.9 Å². The van der Waals surface area contributed by atoms with Gasteiger partial charge in [0.15, 0.2) is 0 Å². The van der Waals surface area contributed by atoms with Gasteiger partial charge in [0.1, 0.15) is 11.5 Å². The molecule has 1 N–H and O–H groups in total. The van der Waals surface area contributed by atoms with Crippen LogP contribution in [0.4, 0.5) is 0 Å². The van der Waals surface area contributed by atoms with E-state index in [-0.39, 0.29) is 18.4 Å². The number of methoxy groups -OCH3 is 1. The molecular weight excluding hydrogens is 366 g/mol. The number of carbonyl (C=O) groups is 1. The molecule has 0 spiro atoms. The molecular formula is C24H27NO4. The minimum atomic E-state index is -0.780. The number of nitrogens with zero attached hydrogens (tertiary/aromatic N) is 1. The van der Waals surface area contributed by atoms with E-state index in [0.29, 0.717) is 6.42 Å². The number of amides is 1. The van der Waals surface area contributed by atoms with Crippen LogP contribution in [0.2, 0.25) is 0 Å². The van der Waals surface area contributed by atoms with Gasteiger partial charge in [0.2, 0.25) is 5.91 Å². The summed E-state index contributed by atoms with van der Waals surface area (Å²) < 4.78 is 10.6. The molecule has 0 bridgehead atoms. The molecule has 0 aliphatic carbocycles. The molecule has 0 saturated carbocycles. The van der Waals surface area contributed by atoms with Crippen LogP contribution in [0.3, 0.4) is 0 Å². The Morgan fingerprint density at radius 2 is 1.72 bits per heavy atom. The number of aliphatic hydroxyl groups excluding tert-OH is 1. The zero-order valence-electron chi connectivity index (χ0n) is 17.0. The van der Waals surface area contributed by atoms with Crippen LogP contribution in [-0.2, 0) is 11.2 Å². The first-order valence-electron chi connectivity index (χ1n) is 9.64. The quantitative estimate of drug-likeness (QED) is 0.625. The van der Waals surface area contributed by atoms with Crippen LogP contribution in [0.25, 0.3) is 0 Å². The number of hydrogen-bond acceptors (Lipinski definition) is 4. The Hall–Kier alpha value is -3.05. The van der Waals surface area contributed by atoms with Crippen LogP contribution in [-0.4, -0.2) is 36.6 Å². The Labute approximate surface area is 171 Å². The van der Waals surface area contributed by atoms with Crippen LogP contribution in [0.1, 0.15) is 34.5 Å². The zero-order valence-corrected chi connectivity index (χ0v) is 17.0. The SMILES string of the molecule is COc1ccc(C(O)CN(C)C(=O)C(Cc2ccco2)c2ccc(C)cc2)cc1. The van der Waals surface area contributed by atoms with Gasteiger partial charge in [-0.05, 0) is 42.3 Å².